The molecule has 36 heavy (non-hydrogen) atoms. The monoisotopic (exact) mass is 512 g/mol. The number of ether oxygens (including phenoxy) is 2. The Morgan fingerprint density at radius 3 is 2.17 bits per heavy atom. The minimum absolute atomic E-state index is 0.0843. The number of carbonyl (C=O) groups excluding carboxylic acids is 2. The number of thiophene rings is 1. The number of benzene rings is 2. The molecule has 0 N–H and O–H groups in total. The normalized spacial score (nSPS) is 11.6. The average molecular weight is 513 g/mol. The summed E-state index contributed by atoms with van der Waals surface area (Å²) < 4.78 is 24.1. The van der Waals surface area contributed by atoms with Crippen molar-refractivity contribution in [1.82, 2.24) is 9.80 Å². The van der Waals surface area contributed by atoms with Crippen LogP contribution in [-0.4, -0.2) is 48.4 Å². The smallest absolute Gasteiger partial charge is 0.254 e. The molecule has 1 atom stereocenters. The molecule has 0 aliphatic heterocycles. The summed E-state index contributed by atoms with van der Waals surface area (Å²) in [5.41, 5.74) is 2.31. The summed E-state index contributed by atoms with van der Waals surface area (Å²) in [7, 11) is 3.05. The standard InChI is InChI=1S/C28H33FN2O4S/c1-6-20(3)31(28(33)22-13-24(34-4)15-25(14-22)35-5)18-27(32)30(17-26-19(2)11-12-36-26)16-21-7-9-23(29)10-8-21/h7-15,20H,6,16-18H2,1-5H3. The molecule has 1 unspecified atom stereocenters. The summed E-state index contributed by atoms with van der Waals surface area (Å²) in [6.07, 6.45) is 0.683. The first-order valence-electron chi connectivity index (χ1n) is 11.8. The Morgan fingerprint density at radius 2 is 1.64 bits per heavy atom. The molecule has 2 aromatic carbocycles. The predicted octanol–water partition coefficient (Wildman–Crippen LogP) is 5.68. The van der Waals surface area contributed by atoms with Crippen LogP contribution in [0.3, 0.4) is 0 Å². The Bertz CT molecular complexity index is 1160. The summed E-state index contributed by atoms with van der Waals surface area (Å²) >= 11 is 1.59. The van der Waals surface area contributed by atoms with Gasteiger partial charge in [0.2, 0.25) is 5.91 Å². The molecule has 192 valence electrons. The van der Waals surface area contributed by atoms with E-state index < -0.39 is 0 Å². The van der Waals surface area contributed by atoms with Crippen molar-refractivity contribution >= 4 is 23.2 Å². The van der Waals surface area contributed by atoms with E-state index in [0.717, 1.165) is 16.0 Å². The quantitative estimate of drug-likeness (QED) is 0.332. The lowest BCUT2D eigenvalue weighted by Gasteiger charge is -2.31. The first kappa shape index (κ1) is 27.2. The zero-order valence-corrected chi connectivity index (χ0v) is 22.2. The fraction of sp³-hybridized carbons (Fsp3) is 0.357. The SMILES string of the molecule is CCC(C)N(CC(=O)N(Cc1ccc(F)cc1)Cc1sccc1C)C(=O)c1cc(OC)cc(OC)c1. The molecule has 2 amide bonds. The van der Waals surface area contributed by atoms with Crippen LogP contribution in [0.15, 0.2) is 53.9 Å². The Balaban J connectivity index is 1.89. The molecule has 0 spiro atoms. The fourth-order valence-electron chi connectivity index (χ4n) is 3.77. The molecule has 3 rings (SSSR count). The summed E-state index contributed by atoms with van der Waals surface area (Å²) in [6.45, 7) is 6.56. The lowest BCUT2D eigenvalue weighted by atomic mass is 10.1. The second-order valence-corrected chi connectivity index (χ2v) is 9.70. The van der Waals surface area contributed by atoms with Crippen molar-refractivity contribution in [2.24, 2.45) is 0 Å². The van der Waals surface area contributed by atoms with E-state index in [1.807, 2.05) is 32.2 Å². The molecule has 0 saturated carbocycles. The van der Waals surface area contributed by atoms with E-state index in [0.29, 0.717) is 36.6 Å². The first-order chi connectivity index (χ1) is 17.2. The third kappa shape index (κ3) is 6.85. The number of nitrogens with zero attached hydrogens (tertiary/aromatic N) is 2. The highest BCUT2D eigenvalue weighted by Crippen LogP contribution is 2.25. The Labute approximate surface area is 216 Å². The number of methoxy groups -OCH3 is 2. The Hall–Kier alpha value is -3.39. The maximum atomic E-state index is 13.7. The zero-order valence-electron chi connectivity index (χ0n) is 21.4. The van der Waals surface area contributed by atoms with Gasteiger partial charge in [0, 0.05) is 29.1 Å². The van der Waals surface area contributed by atoms with Crippen LogP contribution >= 0.6 is 11.3 Å². The van der Waals surface area contributed by atoms with E-state index in [-0.39, 0.29) is 30.2 Å². The van der Waals surface area contributed by atoms with Crippen molar-refractivity contribution in [2.75, 3.05) is 20.8 Å². The van der Waals surface area contributed by atoms with Crippen LogP contribution < -0.4 is 9.47 Å². The van der Waals surface area contributed by atoms with Gasteiger partial charge in [0.15, 0.2) is 0 Å². The van der Waals surface area contributed by atoms with E-state index in [1.54, 1.807) is 51.5 Å². The lowest BCUT2D eigenvalue weighted by Crippen LogP contribution is -2.46. The molecule has 0 aliphatic carbocycles. The van der Waals surface area contributed by atoms with E-state index in [9.17, 15) is 14.0 Å². The van der Waals surface area contributed by atoms with Crippen LogP contribution in [0.25, 0.3) is 0 Å². The lowest BCUT2D eigenvalue weighted by molar-refractivity contribution is -0.133. The molecule has 0 fully saturated rings. The zero-order chi connectivity index (χ0) is 26.2. The summed E-state index contributed by atoms with van der Waals surface area (Å²) in [6, 6.07) is 13.0. The van der Waals surface area contributed by atoms with E-state index >= 15 is 0 Å². The highest BCUT2D eigenvalue weighted by atomic mass is 32.1. The molecular weight excluding hydrogens is 479 g/mol. The van der Waals surface area contributed by atoms with Gasteiger partial charge in [0.1, 0.15) is 23.9 Å². The van der Waals surface area contributed by atoms with Crippen LogP contribution in [0, 0.1) is 12.7 Å². The van der Waals surface area contributed by atoms with Gasteiger partial charge < -0.3 is 19.3 Å². The molecule has 8 heteroatoms. The van der Waals surface area contributed by atoms with Gasteiger partial charge in [-0.2, -0.15) is 0 Å². The van der Waals surface area contributed by atoms with Gasteiger partial charge in [-0.05, 0) is 67.1 Å². The van der Waals surface area contributed by atoms with E-state index in [1.165, 1.54) is 26.4 Å². The van der Waals surface area contributed by atoms with Crippen molar-refractivity contribution in [3.8, 4) is 11.5 Å². The Morgan fingerprint density at radius 1 is 1.00 bits per heavy atom. The molecule has 0 bridgehead atoms. The minimum Gasteiger partial charge on any atom is -0.497 e. The van der Waals surface area contributed by atoms with Crippen LogP contribution in [0.5, 0.6) is 11.5 Å². The largest absolute Gasteiger partial charge is 0.497 e. The van der Waals surface area contributed by atoms with E-state index in [2.05, 4.69) is 0 Å². The molecule has 0 saturated heterocycles. The molecular formula is C28H33FN2O4S. The van der Waals surface area contributed by atoms with Gasteiger partial charge in [-0.1, -0.05) is 19.1 Å². The number of rotatable bonds is 11. The second-order valence-electron chi connectivity index (χ2n) is 8.69. The molecule has 0 aliphatic rings. The van der Waals surface area contributed by atoms with Gasteiger partial charge >= 0.3 is 0 Å². The average Bonchev–Trinajstić information content (AvgIpc) is 3.30. The van der Waals surface area contributed by atoms with Gasteiger partial charge in [-0.15, -0.1) is 11.3 Å². The second kappa shape index (κ2) is 12.5. The highest BCUT2D eigenvalue weighted by molar-refractivity contribution is 7.10. The molecule has 3 aromatic rings. The van der Waals surface area contributed by atoms with Gasteiger partial charge in [0.25, 0.3) is 5.91 Å². The molecule has 1 aromatic heterocycles. The van der Waals surface area contributed by atoms with Gasteiger partial charge in [0.05, 0.1) is 20.8 Å². The predicted molar refractivity (Wildman–Crippen MR) is 140 cm³/mol. The van der Waals surface area contributed by atoms with Crippen molar-refractivity contribution in [2.45, 2.75) is 46.3 Å². The van der Waals surface area contributed by atoms with Gasteiger partial charge in [-0.25, -0.2) is 4.39 Å². The minimum atomic E-state index is -0.326. The number of carbonyl (C=O) groups is 2. The molecule has 6 nitrogen and oxygen atoms in total. The summed E-state index contributed by atoms with van der Waals surface area (Å²) in [5, 5.41) is 2.00. The number of hydrogen-bond acceptors (Lipinski definition) is 5. The summed E-state index contributed by atoms with van der Waals surface area (Å²) in [4.78, 5) is 31.7. The third-order valence-corrected chi connectivity index (χ3v) is 7.24. The van der Waals surface area contributed by atoms with Crippen molar-refractivity contribution in [1.29, 1.82) is 0 Å². The molecule has 0 radical (unpaired) electrons. The van der Waals surface area contributed by atoms with E-state index in [4.69, 9.17) is 9.47 Å². The van der Waals surface area contributed by atoms with Crippen LogP contribution in [0.1, 0.15) is 46.6 Å². The number of amides is 2. The first-order valence-corrected chi connectivity index (χ1v) is 12.7. The Kier molecular flexibility index (Phi) is 9.47. The van der Waals surface area contributed by atoms with Crippen molar-refractivity contribution < 1.29 is 23.5 Å². The molecule has 1 heterocycles. The number of aryl methyl sites for hydroxylation is 1. The maximum Gasteiger partial charge on any atom is 0.254 e. The third-order valence-electron chi connectivity index (χ3n) is 6.23. The van der Waals surface area contributed by atoms with Crippen LogP contribution in [0.2, 0.25) is 0 Å². The van der Waals surface area contributed by atoms with Crippen molar-refractivity contribution in [3.05, 3.63) is 81.3 Å². The van der Waals surface area contributed by atoms with Crippen LogP contribution in [-0.2, 0) is 17.9 Å². The topological polar surface area (TPSA) is 59.1 Å². The van der Waals surface area contributed by atoms with Crippen LogP contribution in [0.4, 0.5) is 4.39 Å². The van der Waals surface area contributed by atoms with Gasteiger partial charge in [-0.3, -0.25) is 9.59 Å². The fourth-order valence-corrected chi connectivity index (χ4v) is 4.69. The summed E-state index contributed by atoms with van der Waals surface area (Å²) in [5.74, 6) is 0.214. The number of halogens is 1. The number of hydrogen-bond donors (Lipinski definition) is 0. The highest BCUT2D eigenvalue weighted by Gasteiger charge is 2.27. The van der Waals surface area contributed by atoms with Crippen molar-refractivity contribution in [3.63, 3.8) is 0 Å². The maximum absolute atomic E-state index is 13.7.